The van der Waals surface area contributed by atoms with Gasteiger partial charge in [-0.15, -0.1) is 0 Å². The molecule has 1 saturated carbocycles. The summed E-state index contributed by atoms with van der Waals surface area (Å²) in [5.41, 5.74) is 4.64. The Bertz CT molecular complexity index is 1580. The van der Waals surface area contributed by atoms with Crippen LogP contribution in [0.2, 0.25) is 10.0 Å². The molecule has 3 heterocycles. The Balaban J connectivity index is 1.30. The molecule has 0 unspecified atom stereocenters. The fraction of sp³-hybridized carbons (Fsp3) is 0.250. The molecular formula is C28H22Cl2N2O5. The van der Waals surface area contributed by atoms with Crippen LogP contribution in [-0.2, 0) is 26.0 Å². The molecule has 0 spiro atoms. The first-order chi connectivity index (χ1) is 17.9. The number of hydrogen-bond acceptors (Lipinski definition) is 5. The molecule has 0 atom stereocenters. The monoisotopic (exact) mass is 536 g/mol. The Morgan fingerprint density at radius 2 is 1.86 bits per heavy atom. The third kappa shape index (κ3) is 4.54. The van der Waals surface area contributed by atoms with Crippen molar-refractivity contribution in [2.75, 3.05) is 0 Å². The maximum absolute atomic E-state index is 13.1. The first-order valence-corrected chi connectivity index (χ1v) is 12.8. The van der Waals surface area contributed by atoms with Gasteiger partial charge in [-0.1, -0.05) is 40.5 Å². The van der Waals surface area contributed by atoms with Gasteiger partial charge in [0.15, 0.2) is 0 Å². The molecule has 37 heavy (non-hydrogen) atoms. The molecule has 1 aliphatic heterocycles. The number of carboxylic acids is 1. The molecule has 1 N–H and O–H groups in total. The Morgan fingerprint density at radius 1 is 1.08 bits per heavy atom. The molecule has 0 amide bonds. The first kappa shape index (κ1) is 23.8. The molecular weight excluding hydrogens is 515 g/mol. The number of carboxylic acid groups (broad SMARTS) is 1. The lowest BCUT2D eigenvalue weighted by molar-refractivity contribution is 0.0696. The van der Waals surface area contributed by atoms with Crippen molar-refractivity contribution in [2.45, 2.75) is 44.8 Å². The number of rotatable bonds is 6. The highest BCUT2D eigenvalue weighted by molar-refractivity contribution is 6.39. The van der Waals surface area contributed by atoms with Crippen LogP contribution in [-0.4, -0.2) is 20.8 Å². The third-order valence-corrected chi connectivity index (χ3v) is 7.60. The van der Waals surface area contributed by atoms with E-state index in [1.54, 1.807) is 34.9 Å². The molecule has 1 aliphatic carbocycles. The maximum Gasteiger partial charge on any atom is 0.335 e. The van der Waals surface area contributed by atoms with Crippen LogP contribution in [0.5, 0.6) is 5.75 Å². The van der Waals surface area contributed by atoms with Gasteiger partial charge in [-0.2, -0.15) is 0 Å². The van der Waals surface area contributed by atoms with Crippen LogP contribution in [0, 0.1) is 0 Å². The van der Waals surface area contributed by atoms with Crippen molar-refractivity contribution in [3.8, 4) is 17.0 Å². The van der Waals surface area contributed by atoms with Crippen molar-refractivity contribution < 1.29 is 19.2 Å². The highest BCUT2D eigenvalue weighted by Crippen LogP contribution is 2.46. The molecule has 2 aliphatic rings. The second-order valence-corrected chi connectivity index (χ2v) is 10.2. The number of aryl methyl sites for hydroxylation is 2. The minimum atomic E-state index is -0.986. The summed E-state index contributed by atoms with van der Waals surface area (Å²) < 4.78 is 13.5. The lowest BCUT2D eigenvalue weighted by Gasteiger charge is -2.13. The average Bonchev–Trinajstić information content (AvgIpc) is 3.66. The molecule has 0 bridgehead atoms. The van der Waals surface area contributed by atoms with Gasteiger partial charge in [-0.3, -0.25) is 4.79 Å². The molecule has 1 fully saturated rings. The molecule has 6 rings (SSSR count). The lowest BCUT2D eigenvalue weighted by Crippen LogP contribution is -2.23. The number of ether oxygens (including phenoxy) is 1. The van der Waals surface area contributed by atoms with Gasteiger partial charge in [-0.25, -0.2) is 4.79 Å². The SMILES string of the molecule is O=C(O)c1ccc2c(c1)Cn1c(cc(OCc3c(-c4c(Cl)cccc4Cl)noc3C3CC3)cc1=O)CC2. The maximum atomic E-state index is 13.1. The number of aromatic nitrogens is 2. The van der Waals surface area contributed by atoms with Crippen LogP contribution in [0.4, 0.5) is 0 Å². The van der Waals surface area contributed by atoms with E-state index >= 15 is 0 Å². The molecule has 188 valence electrons. The summed E-state index contributed by atoms with van der Waals surface area (Å²) in [6.45, 7) is 0.467. The zero-order valence-electron chi connectivity index (χ0n) is 19.7. The predicted octanol–water partition coefficient (Wildman–Crippen LogP) is 6.11. The van der Waals surface area contributed by atoms with Crippen LogP contribution < -0.4 is 10.3 Å². The fourth-order valence-corrected chi connectivity index (χ4v) is 5.46. The zero-order chi connectivity index (χ0) is 25.7. The fourth-order valence-electron chi connectivity index (χ4n) is 4.88. The van der Waals surface area contributed by atoms with Gasteiger partial charge in [0.1, 0.15) is 23.8 Å². The molecule has 9 heteroatoms. The lowest BCUT2D eigenvalue weighted by atomic mass is 10.0. The Morgan fingerprint density at radius 3 is 2.59 bits per heavy atom. The standard InChI is InChI=1S/C28H22Cl2N2O5/c29-22-2-1-3-23(30)25(22)26-21(27(37-31-26)16-5-6-16)14-36-20-11-19-9-8-15-4-7-17(28(34)35)10-18(15)13-32(19)24(33)12-20/h1-4,7,10-12,16H,5-6,8-9,13-14H2,(H,34,35). The minimum Gasteiger partial charge on any atom is -0.488 e. The van der Waals surface area contributed by atoms with Gasteiger partial charge in [0.05, 0.1) is 27.7 Å². The predicted molar refractivity (Wildman–Crippen MR) is 139 cm³/mol. The van der Waals surface area contributed by atoms with E-state index in [0.29, 0.717) is 46.4 Å². The molecule has 0 saturated heterocycles. The number of halogens is 2. The van der Waals surface area contributed by atoms with Gasteiger partial charge in [0.25, 0.3) is 5.56 Å². The van der Waals surface area contributed by atoms with Crippen LogP contribution >= 0.6 is 23.2 Å². The van der Waals surface area contributed by atoms with E-state index in [0.717, 1.165) is 41.0 Å². The summed E-state index contributed by atoms with van der Waals surface area (Å²) in [7, 11) is 0. The normalized spacial score (nSPS) is 14.5. The molecule has 4 aromatic rings. The highest BCUT2D eigenvalue weighted by Gasteiger charge is 2.33. The van der Waals surface area contributed by atoms with Gasteiger partial charge in [0.2, 0.25) is 0 Å². The summed E-state index contributed by atoms with van der Waals surface area (Å²) in [4.78, 5) is 24.5. The first-order valence-electron chi connectivity index (χ1n) is 12.0. The van der Waals surface area contributed by atoms with Crippen molar-refractivity contribution in [2.24, 2.45) is 0 Å². The summed E-state index contributed by atoms with van der Waals surface area (Å²) >= 11 is 12.9. The van der Waals surface area contributed by atoms with Gasteiger partial charge in [0, 0.05) is 23.2 Å². The quantitative estimate of drug-likeness (QED) is 0.319. The summed E-state index contributed by atoms with van der Waals surface area (Å²) in [5.74, 6) is 0.517. The summed E-state index contributed by atoms with van der Waals surface area (Å²) in [6, 6.07) is 13.7. The zero-order valence-corrected chi connectivity index (χ0v) is 21.2. The van der Waals surface area contributed by atoms with E-state index in [9.17, 15) is 14.7 Å². The average molecular weight is 537 g/mol. The van der Waals surface area contributed by atoms with E-state index in [4.69, 9.17) is 32.5 Å². The number of nitrogens with zero attached hydrogens (tertiary/aromatic N) is 2. The second-order valence-electron chi connectivity index (χ2n) is 9.43. The smallest absolute Gasteiger partial charge is 0.335 e. The number of hydrogen-bond donors (Lipinski definition) is 1. The Labute approximate surface area is 222 Å². The van der Waals surface area contributed by atoms with Gasteiger partial charge < -0.3 is 18.9 Å². The second kappa shape index (κ2) is 9.39. The topological polar surface area (TPSA) is 94.6 Å². The molecule has 2 aromatic carbocycles. The number of carbonyl (C=O) groups is 1. The van der Waals surface area contributed by atoms with E-state index in [-0.39, 0.29) is 23.6 Å². The van der Waals surface area contributed by atoms with Crippen molar-refractivity contribution in [1.82, 2.24) is 9.72 Å². The summed E-state index contributed by atoms with van der Waals surface area (Å²) in [6.07, 6.45) is 3.36. The largest absolute Gasteiger partial charge is 0.488 e. The van der Waals surface area contributed by atoms with Gasteiger partial charge >= 0.3 is 5.97 Å². The summed E-state index contributed by atoms with van der Waals surface area (Å²) in [5, 5.41) is 14.6. The Hall–Kier alpha value is -3.55. The molecule has 0 radical (unpaired) electrons. The number of fused-ring (bicyclic) bond motifs is 2. The third-order valence-electron chi connectivity index (χ3n) is 6.97. The van der Waals surface area contributed by atoms with Crippen LogP contribution in [0.1, 0.15) is 57.3 Å². The van der Waals surface area contributed by atoms with E-state index < -0.39 is 5.97 Å². The number of aromatic carboxylic acids is 1. The van der Waals surface area contributed by atoms with Crippen molar-refractivity contribution in [3.05, 3.63) is 103 Å². The Kier molecular flexibility index (Phi) is 6.05. The van der Waals surface area contributed by atoms with Crippen molar-refractivity contribution in [1.29, 1.82) is 0 Å². The van der Waals surface area contributed by atoms with E-state index in [2.05, 4.69) is 5.16 Å². The van der Waals surface area contributed by atoms with Crippen LogP contribution in [0.3, 0.4) is 0 Å². The number of pyridine rings is 1. The highest BCUT2D eigenvalue weighted by atomic mass is 35.5. The van der Waals surface area contributed by atoms with Gasteiger partial charge in [-0.05, 0) is 67.1 Å². The van der Waals surface area contributed by atoms with E-state index in [1.807, 2.05) is 12.1 Å². The minimum absolute atomic E-state index is 0.150. The van der Waals surface area contributed by atoms with Crippen molar-refractivity contribution >= 4 is 29.2 Å². The molecule has 7 nitrogen and oxygen atoms in total. The molecule has 2 aromatic heterocycles. The van der Waals surface area contributed by atoms with Crippen LogP contribution in [0.15, 0.2) is 57.8 Å². The number of benzene rings is 2. The van der Waals surface area contributed by atoms with E-state index in [1.165, 1.54) is 6.07 Å². The van der Waals surface area contributed by atoms with Crippen LogP contribution in [0.25, 0.3) is 11.3 Å². The van der Waals surface area contributed by atoms with Crippen molar-refractivity contribution in [3.63, 3.8) is 0 Å².